The van der Waals surface area contributed by atoms with Crippen LogP contribution >= 0.6 is 23.2 Å². The largest absolute Gasteiger partial charge is 0.478 e. The third-order valence-corrected chi connectivity index (χ3v) is 6.14. The normalized spacial score (nSPS) is 12.3. The first-order valence-electron chi connectivity index (χ1n) is 10.4. The molecule has 5 nitrogen and oxygen atoms in total. The molecular formula is C26H15Cl2F2N3O2. The molecule has 35 heavy (non-hydrogen) atoms. The first-order valence-corrected chi connectivity index (χ1v) is 11.2. The van der Waals surface area contributed by atoms with Gasteiger partial charge in [-0.05, 0) is 65.2 Å². The maximum atomic E-state index is 14.7. The number of fused-ring (bicyclic) bond motifs is 3. The van der Waals surface area contributed by atoms with Crippen molar-refractivity contribution in [3.63, 3.8) is 0 Å². The summed E-state index contributed by atoms with van der Waals surface area (Å²) in [6, 6.07) is 15.0. The van der Waals surface area contributed by atoms with Crippen molar-refractivity contribution < 1.29 is 18.7 Å². The number of hydrogen-bond donors (Lipinski definition) is 2. The minimum atomic E-state index is -1.12. The van der Waals surface area contributed by atoms with Crippen LogP contribution in [0.25, 0.3) is 11.1 Å². The van der Waals surface area contributed by atoms with E-state index in [2.05, 4.69) is 15.3 Å². The summed E-state index contributed by atoms with van der Waals surface area (Å²) < 4.78 is 29.4. The highest BCUT2D eigenvalue weighted by atomic mass is 35.5. The quantitative estimate of drug-likeness (QED) is 0.307. The first kappa shape index (κ1) is 23.0. The second-order valence-electron chi connectivity index (χ2n) is 7.80. The first-order chi connectivity index (χ1) is 16.8. The number of anilines is 2. The van der Waals surface area contributed by atoms with Gasteiger partial charge in [-0.25, -0.2) is 18.6 Å². The van der Waals surface area contributed by atoms with Crippen LogP contribution < -0.4 is 5.32 Å². The molecule has 9 heteroatoms. The number of halogens is 4. The van der Waals surface area contributed by atoms with Crippen LogP contribution in [0.2, 0.25) is 10.0 Å². The van der Waals surface area contributed by atoms with Crippen molar-refractivity contribution in [3.05, 3.63) is 111 Å². The van der Waals surface area contributed by atoms with Gasteiger partial charge in [0.05, 0.1) is 28.4 Å². The lowest BCUT2D eigenvalue weighted by atomic mass is 9.92. The summed E-state index contributed by atoms with van der Waals surface area (Å²) >= 11 is 12.3. The highest BCUT2D eigenvalue weighted by Gasteiger charge is 2.24. The number of hydrogen-bond acceptors (Lipinski definition) is 4. The number of nitrogens with one attached hydrogen (secondary N) is 1. The molecule has 0 atom stereocenters. The molecule has 1 aromatic heterocycles. The van der Waals surface area contributed by atoms with Crippen LogP contribution in [0, 0.1) is 11.6 Å². The lowest BCUT2D eigenvalue weighted by molar-refractivity contribution is 0.0697. The summed E-state index contributed by atoms with van der Waals surface area (Å²) in [4.78, 5) is 20.2. The fourth-order valence-electron chi connectivity index (χ4n) is 3.98. The van der Waals surface area contributed by atoms with Crippen LogP contribution in [-0.4, -0.2) is 21.8 Å². The fourth-order valence-corrected chi connectivity index (χ4v) is 4.41. The highest BCUT2D eigenvalue weighted by molar-refractivity contribution is 6.33. The number of carbonyl (C=O) groups is 1. The number of aromatic carboxylic acids is 1. The molecule has 0 fully saturated rings. The molecule has 1 aliphatic heterocycles. The molecule has 1 aliphatic rings. The molecule has 0 amide bonds. The Bertz CT molecular complexity index is 1520. The predicted octanol–water partition coefficient (Wildman–Crippen LogP) is 7.13. The van der Waals surface area contributed by atoms with Crippen LogP contribution in [0.3, 0.4) is 0 Å². The zero-order valence-corrected chi connectivity index (χ0v) is 19.3. The molecule has 0 saturated heterocycles. The van der Waals surface area contributed by atoms with E-state index >= 15 is 0 Å². The monoisotopic (exact) mass is 509 g/mol. The Balaban J connectivity index is 1.60. The van der Waals surface area contributed by atoms with Crippen LogP contribution in [0.4, 0.5) is 20.3 Å². The van der Waals surface area contributed by atoms with Crippen molar-refractivity contribution >= 4 is 46.4 Å². The second-order valence-corrected chi connectivity index (χ2v) is 8.65. The number of nitrogens with zero attached hydrogens (tertiary/aromatic N) is 2. The Morgan fingerprint density at radius 2 is 1.71 bits per heavy atom. The Hall–Kier alpha value is -3.81. The van der Waals surface area contributed by atoms with E-state index < -0.39 is 17.6 Å². The molecule has 0 unspecified atom stereocenters. The SMILES string of the molecule is O=C(O)c1ccc(Nc2cc3c(cn2)CN=C(c2c(F)cccc2F)c2cc(Cl)ccc2-3)cc1Cl. The van der Waals surface area contributed by atoms with Gasteiger partial charge in [-0.3, -0.25) is 4.99 Å². The van der Waals surface area contributed by atoms with Crippen molar-refractivity contribution in [2.24, 2.45) is 4.99 Å². The molecular weight excluding hydrogens is 495 g/mol. The second kappa shape index (κ2) is 9.09. The van der Waals surface area contributed by atoms with Gasteiger partial charge in [-0.15, -0.1) is 0 Å². The van der Waals surface area contributed by atoms with E-state index in [1.54, 1.807) is 36.5 Å². The molecule has 0 saturated carbocycles. The van der Waals surface area contributed by atoms with Gasteiger partial charge < -0.3 is 10.4 Å². The van der Waals surface area contributed by atoms with Gasteiger partial charge in [-0.2, -0.15) is 0 Å². The zero-order chi connectivity index (χ0) is 24.7. The van der Waals surface area contributed by atoms with Gasteiger partial charge in [0.1, 0.15) is 17.5 Å². The Kier molecular flexibility index (Phi) is 5.96. The van der Waals surface area contributed by atoms with Crippen LogP contribution in [0.5, 0.6) is 0 Å². The van der Waals surface area contributed by atoms with Crippen LogP contribution in [0.1, 0.15) is 27.0 Å². The van der Waals surface area contributed by atoms with E-state index in [0.29, 0.717) is 27.7 Å². The average molecular weight is 510 g/mol. The number of carboxylic acids is 1. The Labute approximate surface area is 208 Å². The maximum Gasteiger partial charge on any atom is 0.337 e. The summed E-state index contributed by atoms with van der Waals surface area (Å²) in [5, 5.41) is 12.8. The van der Waals surface area contributed by atoms with Gasteiger partial charge in [0.15, 0.2) is 0 Å². The van der Waals surface area contributed by atoms with Crippen LogP contribution in [0.15, 0.2) is 71.9 Å². The molecule has 0 radical (unpaired) electrons. The molecule has 2 N–H and O–H groups in total. The van der Waals surface area contributed by atoms with Crippen LogP contribution in [-0.2, 0) is 6.54 Å². The van der Waals surface area contributed by atoms with E-state index in [9.17, 15) is 18.7 Å². The predicted molar refractivity (Wildman–Crippen MR) is 132 cm³/mol. The molecule has 3 aromatic carbocycles. The third-order valence-electron chi connectivity index (χ3n) is 5.59. The third kappa shape index (κ3) is 4.36. The van der Waals surface area contributed by atoms with E-state index in [0.717, 1.165) is 11.1 Å². The summed E-state index contributed by atoms with van der Waals surface area (Å²) in [5.74, 6) is -2.10. The van der Waals surface area contributed by atoms with E-state index in [1.165, 1.54) is 30.3 Å². The zero-order valence-electron chi connectivity index (χ0n) is 17.8. The van der Waals surface area contributed by atoms with Crippen molar-refractivity contribution in [2.75, 3.05) is 5.32 Å². The number of pyridine rings is 1. The van der Waals surface area contributed by atoms with Gasteiger partial charge >= 0.3 is 5.97 Å². The van der Waals surface area contributed by atoms with E-state index in [1.807, 2.05) is 0 Å². The Morgan fingerprint density at radius 3 is 2.43 bits per heavy atom. The summed E-state index contributed by atoms with van der Waals surface area (Å²) in [6.07, 6.45) is 1.63. The summed E-state index contributed by atoms with van der Waals surface area (Å²) in [5.41, 5.74) is 3.18. The molecule has 0 bridgehead atoms. The van der Waals surface area contributed by atoms with E-state index in [-0.39, 0.29) is 28.4 Å². The van der Waals surface area contributed by atoms with Crippen molar-refractivity contribution in [2.45, 2.75) is 6.54 Å². The molecule has 5 rings (SSSR count). The van der Waals surface area contributed by atoms with Gasteiger partial charge in [-0.1, -0.05) is 35.3 Å². The van der Waals surface area contributed by atoms with Crippen molar-refractivity contribution in [1.29, 1.82) is 0 Å². The lowest BCUT2D eigenvalue weighted by Gasteiger charge is -2.14. The fraction of sp³-hybridized carbons (Fsp3) is 0.0385. The number of rotatable bonds is 4. The summed E-state index contributed by atoms with van der Waals surface area (Å²) in [7, 11) is 0. The lowest BCUT2D eigenvalue weighted by Crippen LogP contribution is -2.10. The van der Waals surface area contributed by atoms with Crippen molar-refractivity contribution in [3.8, 4) is 11.1 Å². The molecule has 2 heterocycles. The minimum Gasteiger partial charge on any atom is -0.478 e. The number of benzene rings is 3. The molecule has 0 aliphatic carbocycles. The maximum absolute atomic E-state index is 14.7. The Morgan fingerprint density at radius 1 is 0.943 bits per heavy atom. The smallest absolute Gasteiger partial charge is 0.337 e. The number of carboxylic acid groups (broad SMARTS) is 1. The highest BCUT2D eigenvalue weighted by Crippen LogP contribution is 2.36. The standard InChI is InChI=1S/C26H15Cl2F2N3O2/c27-14-4-6-16-18-10-23(33-15-5-7-17(26(34)35)20(28)9-15)31-11-13(18)12-32-25(19(16)8-14)24-21(29)2-1-3-22(24)30/h1-11H,12H2,(H,31,33)(H,34,35). The van der Waals surface area contributed by atoms with E-state index in [4.69, 9.17) is 23.2 Å². The minimum absolute atomic E-state index is 0.0111. The number of aliphatic imine (C=N–C) groups is 1. The molecule has 174 valence electrons. The topological polar surface area (TPSA) is 74.6 Å². The van der Waals surface area contributed by atoms with Gasteiger partial charge in [0.2, 0.25) is 0 Å². The average Bonchev–Trinajstić information content (AvgIpc) is 2.96. The van der Waals surface area contributed by atoms with Gasteiger partial charge in [0, 0.05) is 22.5 Å². The molecule has 0 spiro atoms. The summed E-state index contributed by atoms with van der Waals surface area (Å²) in [6.45, 7) is 0.150. The van der Waals surface area contributed by atoms with Gasteiger partial charge in [0.25, 0.3) is 0 Å². The molecule has 4 aromatic rings. The number of aromatic nitrogens is 1. The van der Waals surface area contributed by atoms with Crippen molar-refractivity contribution in [1.82, 2.24) is 4.98 Å².